The molecule has 0 spiro atoms. The molecule has 96 valence electrons. The van der Waals surface area contributed by atoms with Crippen LogP contribution in [-0.4, -0.2) is 58.4 Å². The molecular formula is C11H17NO5. The van der Waals surface area contributed by atoms with E-state index in [2.05, 4.69) is 0 Å². The van der Waals surface area contributed by atoms with Crippen LogP contribution in [0.4, 0.5) is 0 Å². The molecule has 4 unspecified atom stereocenters. The molecule has 0 radical (unpaired) electrons. The monoisotopic (exact) mass is 243 g/mol. The lowest BCUT2D eigenvalue weighted by molar-refractivity contribution is -0.150. The number of amides is 1. The molecular weight excluding hydrogens is 226 g/mol. The van der Waals surface area contributed by atoms with E-state index in [0.717, 1.165) is 0 Å². The third kappa shape index (κ3) is 2.28. The van der Waals surface area contributed by atoms with Gasteiger partial charge in [0.25, 0.3) is 0 Å². The lowest BCUT2D eigenvalue weighted by Gasteiger charge is -2.25. The molecule has 0 aromatic heterocycles. The molecule has 17 heavy (non-hydrogen) atoms. The average Bonchev–Trinajstić information content (AvgIpc) is 2.83. The van der Waals surface area contributed by atoms with E-state index in [0.29, 0.717) is 13.0 Å². The Morgan fingerprint density at radius 3 is 2.65 bits per heavy atom. The number of carboxylic acids is 1. The number of aliphatic carboxylic acids is 1. The number of likely N-dealkylation sites (tertiary alicyclic amines) is 1. The van der Waals surface area contributed by atoms with Crippen molar-refractivity contribution in [3.05, 3.63) is 0 Å². The van der Waals surface area contributed by atoms with Gasteiger partial charge in [-0.15, -0.1) is 0 Å². The molecule has 2 fully saturated rings. The third-order valence-corrected chi connectivity index (χ3v) is 3.54. The summed E-state index contributed by atoms with van der Waals surface area (Å²) in [5, 5.41) is 18.5. The largest absolute Gasteiger partial charge is 0.480 e. The van der Waals surface area contributed by atoms with Crippen LogP contribution in [0.5, 0.6) is 0 Å². The smallest absolute Gasteiger partial charge is 0.326 e. The molecule has 6 heteroatoms. The maximum Gasteiger partial charge on any atom is 0.326 e. The molecule has 6 nitrogen and oxygen atoms in total. The van der Waals surface area contributed by atoms with Crippen molar-refractivity contribution in [1.29, 1.82) is 0 Å². The van der Waals surface area contributed by atoms with Gasteiger partial charge in [-0.05, 0) is 13.3 Å². The fourth-order valence-corrected chi connectivity index (χ4v) is 2.56. The van der Waals surface area contributed by atoms with Crippen LogP contribution in [0.15, 0.2) is 0 Å². The summed E-state index contributed by atoms with van der Waals surface area (Å²) in [5.41, 5.74) is 0. The zero-order valence-corrected chi connectivity index (χ0v) is 9.70. The molecule has 0 aromatic carbocycles. The Morgan fingerprint density at radius 1 is 1.41 bits per heavy atom. The maximum atomic E-state index is 12.2. The number of ether oxygens (including phenoxy) is 1. The van der Waals surface area contributed by atoms with Crippen LogP contribution in [0.25, 0.3) is 0 Å². The van der Waals surface area contributed by atoms with Gasteiger partial charge in [0.05, 0.1) is 18.1 Å². The minimum atomic E-state index is -1.05. The number of hydrogen-bond acceptors (Lipinski definition) is 4. The second-order valence-corrected chi connectivity index (χ2v) is 4.71. The molecule has 4 atom stereocenters. The first kappa shape index (κ1) is 12.3. The summed E-state index contributed by atoms with van der Waals surface area (Å²) >= 11 is 0. The number of carboxylic acid groups (broad SMARTS) is 1. The number of β-amino-alcohol motifs (C(OH)–C–C–N with tert-alkyl or cyclic N) is 1. The van der Waals surface area contributed by atoms with E-state index in [1.165, 1.54) is 4.90 Å². The molecule has 2 rings (SSSR count). The van der Waals surface area contributed by atoms with Crippen molar-refractivity contribution in [3.63, 3.8) is 0 Å². The van der Waals surface area contributed by atoms with Crippen molar-refractivity contribution in [3.8, 4) is 0 Å². The number of rotatable bonds is 2. The number of aliphatic hydroxyl groups excluding tert-OH is 1. The quantitative estimate of drug-likeness (QED) is 0.680. The Morgan fingerprint density at radius 2 is 2.12 bits per heavy atom. The number of hydrogen-bond donors (Lipinski definition) is 2. The van der Waals surface area contributed by atoms with Gasteiger partial charge in [0, 0.05) is 19.6 Å². The number of aliphatic hydroxyl groups is 1. The predicted molar refractivity (Wildman–Crippen MR) is 57.3 cm³/mol. The van der Waals surface area contributed by atoms with E-state index in [1.54, 1.807) is 0 Å². The Labute approximate surface area is 99.2 Å². The summed E-state index contributed by atoms with van der Waals surface area (Å²) in [4.78, 5) is 24.5. The van der Waals surface area contributed by atoms with Gasteiger partial charge < -0.3 is 19.8 Å². The molecule has 2 saturated heterocycles. The molecule has 2 heterocycles. The zero-order chi connectivity index (χ0) is 12.6. The molecule has 0 saturated carbocycles. The number of carbonyl (C=O) groups is 2. The highest BCUT2D eigenvalue weighted by molar-refractivity contribution is 5.86. The second kappa shape index (κ2) is 4.62. The van der Waals surface area contributed by atoms with Crippen LogP contribution >= 0.6 is 0 Å². The summed E-state index contributed by atoms with van der Waals surface area (Å²) in [5.74, 6) is -1.54. The van der Waals surface area contributed by atoms with E-state index in [4.69, 9.17) is 9.84 Å². The van der Waals surface area contributed by atoms with Crippen molar-refractivity contribution in [2.45, 2.75) is 38.0 Å². The van der Waals surface area contributed by atoms with Gasteiger partial charge in [0.1, 0.15) is 6.04 Å². The van der Waals surface area contributed by atoms with Crippen LogP contribution in [0.2, 0.25) is 0 Å². The minimum Gasteiger partial charge on any atom is -0.480 e. The fraction of sp³-hybridized carbons (Fsp3) is 0.818. The van der Waals surface area contributed by atoms with Crippen molar-refractivity contribution >= 4 is 11.9 Å². The Balaban J connectivity index is 2.10. The summed E-state index contributed by atoms with van der Waals surface area (Å²) in [7, 11) is 0. The summed E-state index contributed by atoms with van der Waals surface area (Å²) in [6.07, 6.45) is -0.172. The van der Waals surface area contributed by atoms with Crippen LogP contribution in [-0.2, 0) is 14.3 Å². The minimum absolute atomic E-state index is 0.110. The van der Waals surface area contributed by atoms with Crippen molar-refractivity contribution in [1.82, 2.24) is 4.90 Å². The number of nitrogens with zero attached hydrogens (tertiary/aromatic N) is 1. The van der Waals surface area contributed by atoms with Crippen LogP contribution in [0, 0.1) is 5.92 Å². The average molecular weight is 243 g/mol. The first-order valence-electron chi connectivity index (χ1n) is 5.83. The lowest BCUT2D eigenvalue weighted by atomic mass is 10.0. The standard InChI is InChI=1S/C11H17NO5/c1-6-8(2-3-17-6)10(14)12-5-7(13)4-9(12)11(15)16/h6-9,13H,2-5H2,1H3,(H,15,16). The normalized spacial score (nSPS) is 37.4. The highest BCUT2D eigenvalue weighted by atomic mass is 16.5. The molecule has 0 bridgehead atoms. The molecule has 0 aliphatic carbocycles. The highest BCUT2D eigenvalue weighted by Crippen LogP contribution is 2.27. The van der Waals surface area contributed by atoms with E-state index < -0.39 is 18.1 Å². The summed E-state index contributed by atoms with van der Waals surface area (Å²) in [6.45, 7) is 2.46. The third-order valence-electron chi connectivity index (χ3n) is 3.54. The summed E-state index contributed by atoms with van der Waals surface area (Å²) < 4.78 is 5.31. The Bertz CT molecular complexity index is 332. The molecule has 2 aliphatic rings. The summed E-state index contributed by atoms with van der Waals surface area (Å²) in [6, 6.07) is -0.898. The molecule has 0 aromatic rings. The van der Waals surface area contributed by atoms with Crippen LogP contribution < -0.4 is 0 Å². The lowest BCUT2D eigenvalue weighted by Crippen LogP contribution is -2.45. The second-order valence-electron chi connectivity index (χ2n) is 4.71. The van der Waals surface area contributed by atoms with Gasteiger partial charge in [-0.25, -0.2) is 4.79 Å². The van der Waals surface area contributed by atoms with E-state index in [9.17, 15) is 14.7 Å². The van der Waals surface area contributed by atoms with Crippen LogP contribution in [0.3, 0.4) is 0 Å². The van der Waals surface area contributed by atoms with E-state index in [1.807, 2.05) is 6.92 Å². The van der Waals surface area contributed by atoms with Crippen molar-refractivity contribution in [2.24, 2.45) is 5.92 Å². The molecule has 2 N–H and O–H groups in total. The Hall–Kier alpha value is -1.14. The van der Waals surface area contributed by atoms with E-state index in [-0.39, 0.29) is 30.9 Å². The predicted octanol–water partition coefficient (Wildman–Crippen LogP) is -0.542. The van der Waals surface area contributed by atoms with E-state index >= 15 is 0 Å². The number of carbonyl (C=O) groups excluding carboxylic acids is 1. The zero-order valence-electron chi connectivity index (χ0n) is 9.70. The topological polar surface area (TPSA) is 87.1 Å². The van der Waals surface area contributed by atoms with Gasteiger partial charge in [-0.1, -0.05) is 0 Å². The van der Waals surface area contributed by atoms with Gasteiger partial charge in [-0.2, -0.15) is 0 Å². The highest BCUT2D eigenvalue weighted by Gasteiger charge is 2.43. The Kier molecular flexibility index (Phi) is 3.35. The van der Waals surface area contributed by atoms with Gasteiger partial charge in [-0.3, -0.25) is 4.79 Å². The van der Waals surface area contributed by atoms with Crippen molar-refractivity contribution < 1.29 is 24.5 Å². The van der Waals surface area contributed by atoms with Gasteiger partial charge >= 0.3 is 5.97 Å². The first-order valence-corrected chi connectivity index (χ1v) is 5.83. The fourth-order valence-electron chi connectivity index (χ4n) is 2.56. The molecule has 1 amide bonds. The van der Waals surface area contributed by atoms with Crippen LogP contribution in [0.1, 0.15) is 19.8 Å². The SMILES string of the molecule is CC1OCCC1C(=O)N1CC(O)CC1C(=O)O. The molecule has 2 aliphatic heterocycles. The first-order chi connectivity index (χ1) is 8.00. The van der Waals surface area contributed by atoms with Crippen molar-refractivity contribution in [2.75, 3.05) is 13.2 Å². The maximum absolute atomic E-state index is 12.2. The van der Waals surface area contributed by atoms with Gasteiger partial charge in [0.2, 0.25) is 5.91 Å². The van der Waals surface area contributed by atoms with Gasteiger partial charge in [0.15, 0.2) is 0 Å².